The highest BCUT2D eigenvalue weighted by atomic mass is 32.2. The van der Waals surface area contributed by atoms with Crippen molar-refractivity contribution in [1.82, 2.24) is 0 Å². The van der Waals surface area contributed by atoms with Crippen molar-refractivity contribution in [2.45, 2.75) is 19.6 Å². The SMILES string of the molecule is COc1ccc(N/C(C)=C/C2=[N+](c3ccccc3)C(C)(O)CS2)cc1. The third-order valence-electron chi connectivity index (χ3n) is 3.98. The van der Waals surface area contributed by atoms with Gasteiger partial charge in [-0.3, -0.25) is 0 Å². The second kappa shape index (κ2) is 7.33. The van der Waals surface area contributed by atoms with Gasteiger partial charge < -0.3 is 15.2 Å². The van der Waals surface area contributed by atoms with Crippen molar-refractivity contribution in [3.63, 3.8) is 0 Å². The van der Waals surface area contributed by atoms with Crippen molar-refractivity contribution in [2.75, 3.05) is 18.2 Å². The van der Waals surface area contributed by atoms with E-state index in [1.165, 1.54) is 0 Å². The fourth-order valence-electron chi connectivity index (χ4n) is 2.79. The van der Waals surface area contributed by atoms with Crippen LogP contribution in [0.2, 0.25) is 0 Å². The zero-order valence-electron chi connectivity index (χ0n) is 14.7. The molecule has 2 aromatic carbocycles. The highest BCUT2D eigenvalue weighted by Gasteiger charge is 2.44. The number of para-hydroxylation sites is 1. The van der Waals surface area contributed by atoms with Gasteiger partial charge in [0, 0.05) is 36.5 Å². The lowest BCUT2D eigenvalue weighted by Gasteiger charge is -2.14. The summed E-state index contributed by atoms with van der Waals surface area (Å²) < 4.78 is 7.17. The topological polar surface area (TPSA) is 44.5 Å². The number of nitrogens with zero attached hydrogens (tertiary/aromatic N) is 1. The Labute approximate surface area is 152 Å². The van der Waals surface area contributed by atoms with Crippen LogP contribution >= 0.6 is 11.8 Å². The Hall–Kier alpha value is -2.24. The maximum atomic E-state index is 10.8. The molecule has 0 spiro atoms. The van der Waals surface area contributed by atoms with Crippen LogP contribution < -0.4 is 10.1 Å². The van der Waals surface area contributed by atoms with Crippen molar-refractivity contribution in [3.8, 4) is 5.75 Å². The molecule has 1 unspecified atom stereocenters. The van der Waals surface area contributed by atoms with E-state index in [1.54, 1.807) is 18.9 Å². The molecule has 0 aromatic heterocycles. The summed E-state index contributed by atoms with van der Waals surface area (Å²) in [6, 6.07) is 17.8. The van der Waals surface area contributed by atoms with E-state index in [0.717, 1.165) is 27.9 Å². The zero-order valence-corrected chi connectivity index (χ0v) is 15.5. The van der Waals surface area contributed by atoms with Crippen molar-refractivity contribution in [3.05, 3.63) is 66.4 Å². The average molecular weight is 355 g/mol. The minimum absolute atomic E-state index is 0.629. The predicted molar refractivity (Wildman–Crippen MR) is 105 cm³/mol. The quantitative estimate of drug-likeness (QED) is 0.789. The van der Waals surface area contributed by atoms with Gasteiger partial charge in [-0.2, -0.15) is 4.58 Å². The van der Waals surface area contributed by atoms with Gasteiger partial charge in [0.1, 0.15) is 5.75 Å². The van der Waals surface area contributed by atoms with Gasteiger partial charge in [-0.25, -0.2) is 0 Å². The fraction of sp³-hybridized carbons (Fsp3) is 0.250. The first kappa shape index (κ1) is 17.6. The zero-order chi connectivity index (χ0) is 17.9. The number of methoxy groups -OCH3 is 1. The summed E-state index contributed by atoms with van der Waals surface area (Å²) in [5.41, 5.74) is 2.08. The molecule has 0 saturated heterocycles. The second-order valence-corrected chi connectivity index (χ2v) is 7.19. The monoisotopic (exact) mass is 355 g/mol. The smallest absolute Gasteiger partial charge is 0.278 e. The van der Waals surface area contributed by atoms with E-state index < -0.39 is 5.72 Å². The Morgan fingerprint density at radius 3 is 2.52 bits per heavy atom. The van der Waals surface area contributed by atoms with Crippen molar-refractivity contribution in [2.24, 2.45) is 0 Å². The van der Waals surface area contributed by atoms with Gasteiger partial charge in [-0.05, 0) is 43.0 Å². The first-order valence-electron chi connectivity index (χ1n) is 8.16. The molecule has 25 heavy (non-hydrogen) atoms. The molecule has 5 heteroatoms. The van der Waals surface area contributed by atoms with Crippen LogP contribution in [0.3, 0.4) is 0 Å². The highest BCUT2D eigenvalue weighted by Crippen LogP contribution is 2.32. The Kier molecular flexibility index (Phi) is 5.16. The lowest BCUT2D eigenvalue weighted by Crippen LogP contribution is -2.36. The molecule has 1 aliphatic rings. The third-order valence-corrected chi connectivity index (χ3v) is 5.27. The summed E-state index contributed by atoms with van der Waals surface area (Å²) in [4.78, 5) is 0. The van der Waals surface area contributed by atoms with Gasteiger partial charge in [0.25, 0.3) is 5.72 Å². The second-order valence-electron chi connectivity index (χ2n) is 6.20. The maximum Gasteiger partial charge on any atom is 0.278 e. The Bertz CT molecular complexity index is 796. The number of hydrogen-bond donors (Lipinski definition) is 2. The molecule has 1 heterocycles. The summed E-state index contributed by atoms with van der Waals surface area (Å²) in [6.07, 6.45) is 2.07. The van der Waals surface area contributed by atoms with Gasteiger partial charge >= 0.3 is 0 Å². The molecule has 2 N–H and O–H groups in total. The number of ether oxygens (including phenoxy) is 1. The standard InChI is InChI=1S/C20H22N2O2S/c1-15(21-16-9-11-18(24-3)12-10-16)13-19-22(20(2,23)14-25-19)17-7-5-4-6-8-17/h4-13,23H,14H2,1-3H3/p+1. The van der Waals surface area contributed by atoms with E-state index in [4.69, 9.17) is 4.74 Å². The Morgan fingerprint density at radius 2 is 1.88 bits per heavy atom. The number of rotatable bonds is 5. The summed E-state index contributed by atoms with van der Waals surface area (Å²) >= 11 is 1.65. The predicted octanol–water partition coefficient (Wildman–Crippen LogP) is 4.21. The van der Waals surface area contributed by atoms with Crippen LogP contribution in [-0.2, 0) is 0 Å². The molecule has 3 rings (SSSR count). The Balaban J connectivity index is 1.88. The largest absolute Gasteiger partial charge is 0.497 e. The van der Waals surface area contributed by atoms with Crippen molar-refractivity contribution in [1.29, 1.82) is 0 Å². The van der Waals surface area contributed by atoms with Crippen LogP contribution in [0.5, 0.6) is 5.75 Å². The molecule has 1 atom stereocenters. The van der Waals surface area contributed by atoms with Crippen LogP contribution in [0.15, 0.2) is 66.4 Å². The number of aliphatic hydroxyl groups is 1. The molecular formula is C20H23N2O2S+. The first-order chi connectivity index (χ1) is 12.0. The normalized spacial score (nSPS) is 20.7. The molecule has 130 valence electrons. The number of anilines is 1. The van der Waals surface area contributed by atoms with Gasteiger partial charge in [-0.1, -0.05) is 18.2 Å². The van der Waals surface area contributed by atoms with Crippen LogP contribution in [0.25, 0.3) is 0 Å². The van der Waals surface area contributed by atoms with Gasteiger partial charge in [0.15, 0.2) is 0 Å². The van der Waals surface area contributed by atoms with Crippen LogP contribution in [-0.4, -0.2) is 33.3 Å². The van der Waals surface area contributed by atoms with E-state index in [-0.39, 0.29) is 0 Å². The third kappa shape index (κ3) is 4.06. The lowest BCUT2D eigenvalue weighted by molar-refractivity contribution is -0.574. The summed E-state index contributed by atoms with van der Waals surface area (Å²) in [7, 11) is 1.66. The van der Waals surface area contributed by atoms with E-state index >= 15 is 0 Å². The molecule has 0 bridgehead atoms. The number of nitrogens with one attached hydrogen (secondary N) is 1. The first-order valence-corrected chi connectivity index (χ1v) is 9.15. The van der Waals surface area contributed by atoms with Crippen LogP contribution in [0.4, 0.5) is 11.4 Å². The molecule has 0 saturated carbocycles. The molecule has 1 aliphatic heterocycles. The van der Waals surface area contributed by atoms with Crippen molar-refractivity contribution >= 4 is 28.2 Å². The molecule has 0 radical (unpaired) electrons. The minimum atomic E-state index is -0.905. The average Bonchev–Trinajstić information content (AvgIpc) is 2.90. The minimum Gasteiger partial charge on any atom is -0.497 e. The highest BCUT2D eigenvalue weighted by molar-refractivity contribution is 8.14. The van der Waals surface area contributed by atoms with Gasteiger partial charge in [0.05, 0.1) is 12.9 Å². The summed E-state index contributed by atoms with van der Waals surface area (Å²) in [6.45, 7) is 3.87. The maximum absolute atomic E-state index is 10.8. The molecule has 4 nitrogen and oxygen atoms in total. The van der Waals surface area contributed by atoms with E-state index in [9.17, 15) is 5.11 Å². The Morgan fingerprint density at radius 1 is 1.20 bits per heavy atom. The molecule has 2 aromatic rings. The van der Waals surface area contributed by atoms with Crippen molar-refractivity contribution < 1.29 is 14.4 Å². The lowest BCUT2D eigenvalue weighted by atomic mass is 10.2. The van der Waals surface area contributed by atoms with E-state index in [0.29, 0.717) is 5.75 Å². The summed E-state index contributed by atoms with van der Waals surface area (Å²) in [5, 5.41) is 15.2. The van der Waals surface area contributed by atoms with E-state index in [2.05, 4.69) is 11.4 Å². The number of allylic oxidation sites excluding steroid dienone is 1. The number of benzene rings is 2. The van der Waals surface area contributed by atoms with Gasteiger partial charge in [0.2, 0.25) is 10.7 Å². The summed E-state index contributed by atoms with van der Waals surface area (Å²) in [5.74, 6) is 1.46. The van der Waals surface area contributed by atoms with Crippen LogP contribution in [0, 0.1) is 0 Å². The van der Waals surface area contributed by atoms with Gasteiger partial charge in [-0.15, -0.1) is 0 Å². The number of thioether (sulfide) groups is 1. The number of hydrogen-bond acceptors (Lipinski definition) is 4. The molecule has 0 amide bonds. The van der Waals surface area contributed by atoms with Crippen LogP contribution in [0.1, 0.15) is 13.8 Å². The molecule has 0 fully saturated rings. The fourth-order valence-corrected chi connectivity index (χ4v) is 4.03. The van der Waals surface area contributed by atoms with E-state index in [1.807, 2.05) is 73.0 Å². The molecular weight excluding hydrogens is 332 g/mol. The molecule has 0 aliphatic carbocycles.